The van der Waals surface area contributed by atoms with E-state index in [1.165, 1.54) is 0 Å². The minimum absolute atomic E-state index is 0.313. The van der Waals surface area contributed by atoms with Gasteiger partial charge in [-0.25, -0.2) is 4.39 Å². The van der Waals surface area contributed by atoms with E-state index in [9.17, 15) is 4.39 Å². The minimum atomic E-state index is -0.844. The fraction of sp³-hybridized carbons (Fsp3) is 0.833. The van der Waals surface area contributed by atoms with E-state index in [4.69, 9.17) is 9.31 Å². The van der Waals surface area contributed by atoms with Crippen molar-refractivity contribution in [2.75, 3.05) is 0 Å². The summed E-state index contributed by atoms with van der Waals surface area (Å²) in [4.78, 5) is 0. The quantitative estimate of drug-likeness (QED) is 0.688. The van der Waals surface area contributed by atoms with Crippen molar-refractivity contribution in [1.82, 2.24) is 0 Å². The highest BCUT2D eigenvalue weighted by Gasteiger charge is 2.52. The molecule has 2 nitrogen and oxygen atoms in total. The second-order valence-electron chi connectivity index (χ2n) is 5.81. The lowest BCUT2D eigenvalue weighted by molar-refractivity contribution is 0.00578. The highest BCUT2D eigenvalue weighted by molar-refractivity contribution is 6.53. The van der Waals surface area contributed by atoms with E-state index in [0.717, 1.165) is 0 Å². The topological polar surface area (TPSA) is 18.5 Å². The van der Waals surface area contributed by atoms with Crippen molar-refractivity contribution in [3.63, 3.8) is 0 Å². The lowest BCUT2D eigenvalue weighted by atomic mass is 9.86. The maximum Gasteiger partial charge on any atom is 0.524 e. The summed E-state index contributed by atoms with van der Waals surface area (Å²) in [5, 5.41) is 0. The zero-order valence-corrected chi connectivity index (χ0v) is 11.1. The van der Waals surface area contributed by atoms with Crippen LogP contribution in [-0.2, 0) is 9.31 Å². The average Bonchev–Trinajstić information content (AvgIpc) is 2.32. The first-order valence-electron chi connectivity index (χ1n) is 5.87. The van der Waals surface area contributed by atoms with Gasteiger partial charge in [0.1, 0.15) is 5.73 Å². The van der Waals surface area contributed by atoms with Crippen LogP contribution in [0.1, 0.15) is 48.0 Å². The first-order valence-corrected chi connectivity index (χ1v) is 5.87. The monoisotopic (exact) mass is 228 g/mol. The van der Waals surface area contributed by atoms with E-state index in [2.05, 4.69) is 0 Å². The van der Waals surface area contributed by atoms with Gasteiger partial charge in [-0.3, -0.25) is 0 Å². The van der Waals surface area contributed by atoms with Crippen LogP contribution < -0.4 is 0 Å². The van der Waals surface area contributed by atoms with Crippen molar-refractivity contribution in [1.29, 1.82) is 0 Å². The third kappa shape index (κ3) is 2.86. The van der Waals surface area contributed by atoms with Gasteiger partial charge in [0, 0.05) is 0 Å². The summed E-state index contributed by atoms with van der Waals surface area (Å²) >= 11 is 0. The van der Waals surface area contributed by atoms with Crippen molar-refractivity contribution in [3.8, 4) is 0 Å². The number of rotatable bonds is 3. The Hall–Kier alpha value is -0.345. The molecular formula is C12H22BFO2. The Morgan fingerprint density at radius 3 is 2.00 bits per heavy atom. The third-order valence-electron chi connectivity index (χ3n) is 3.26. The lowest BCUT2D eigenvalue weighted by Crippen LogP contribution is -2.41. The first kappa shape index (κ1) is 13.7. The standard InChI is InChI=1S/C12H22BFO2/c1-9(2)7-8-10(14)13-15-11(3,4)12(5,6)16-13/h8-9H,7H2,1-6H3. The molecule has 1 saturated heterocycles. The highest BCUT2D eigenvalue weighted by Crippen LogP contribution is 2.38. The summed E-state index contributed by atoms with van der Waals surface area (Å²) in [6.07, 6.45) is 2.27. The number of hydrogen-bond acceptors (Lipinski definition) is 2. The maximum atomic E-state index is 13.8. The molecule has 0 saturated carbocycles. The Morgan fingerprint density at radius 1 is 1.19 bits per heavy atom. The SMILES string of the molecule is CC(C)CC=C(F)B1OC(C)(C)C(C)(C)O1. The zero-order valence-electron chi connectivity index (χ0n) is 11.1. The van der Waals surface area contributed by atoms with E-state index in [1.54, 1.807) is 6.08 Å². The number of halogens is 1. The average molecular weight is 228 g/mol. The molecule has 0 N–H and O–H groups in total. The smallest absolute Gasteiger partial charge is 0.398 e. The fourth-order valence-corrected chi connectivity index (χ4v) is 1.40. The number of allylic oxidation sites excluding steroid dienone is 1. The van der Waals surface area contributed by atoms with Gasteiger partial charge in [0.2, 0.25) is 0 Å². The molecule has 0 aromatic heterocycles. The van der Waals surface area contributed by atoms with Gasteiger partial charge in [-0.1, -0.05) is 19.9 Å². The van der Waals surface area contributed by atoms with Gasteiger partial charge in [0.05, 0.1) is 11.2 Å². The Labute approximate surface area is 98.3 Å². The molecule has 0 unspecified atom stereocenters. The van der Waals surface area contributed by atoms with Crippen molar-refractivity contribution in [2.24, 2.45) is 5.92 Å². The summed E-state index contributed by atoms with van der Waals surface area (Å²) in [6, 6.07) is 0. The predicted octanol–water partition coefficient (Wildman–Crippen LogP) is 3.52. The summed E-state index contributed by atoms with van der Waals surface area (Å²) in [5.74, 6) is 0.438. The van der Waals surface area contributed by atoms with Gasteiger partial charge in [0.15, 0.2) is 0 Å². The normalized spacial score (nSPS) is 24.2. The van der Waals surface area contributed by atoms with Crippen LogP contribution in [0.15, 0.2) is 11.8 Å². The van der Waals surface area contributed by atoms with Crippen LogP contribution in [0.3, 0.4) is 0 Å². The zero-order chi connectivity index (χ0) is 12.6. The highest BCUT2D eigenvalue weighted by atomic mass is 19.1. The summed E-state index contributed by atoms with van der Waals surface area (Å²) in [5.41, 5.74) is -1.26. The Balaban J connectivity index is 2.69. The van der Waals surface area contributed by atoms with E-state index >= 15 is 0 Å². The second kappa shape index (κ2) is 4.50. The van der Waals surface area contributed by atoms with Crippen LogP contribution in [0.5, 0.6) is 0 Å². The van der Waals surface area contributed by atoms with Gasteiger partial charge >= 0.3 is 7.12 Å². The van der Waals surface area contributed by atoms with E-state index in [-0.39, 0.29) is 5.73 Å². The predicted molar refractivity (Wildman–Crippen MR) is 64.7 cm³/mol. The van der Waals surface area contributed by atoms with E-state index in [0.29, 0.717) is 12.3 Å². The maximum absolute atomic E-state index is 13.8. The largest absolute Gasteiger partial charge is 0.524 e. The summed E-state index contributed by atoms with van der Waals surface area (Å²) in [6.45, 7) is 11.8. The Bertz CT molecular complexity index is 269. The fourth-order valence-electron chi connectivity index (χ4n) is 1.40. The molecule has 0 aromatic rings. The summed E-state index contributed by atoms with van der Waals surface area (Å²) < 4.78 is 25.0. The van der Waals surface area contributed by atoms with Crippen molar-refractivity contribution in [3.05, 3.63) is 11.8 Å². The molecule has 1 aliphatic rings. The van der Waals surface area contributed by atoms with Crippen LogP contribution in [-0.4, -0.2) is 18.3 Å². The Kier molecular flexibility index (Phi) is 3.85. The molecule has 1 aliphatic heterocycles. The third-order valence-corrected chi connectivity index (χ3v) is 3.26. The van der Waals surface area contributed by atoms with Crippen LogP contribution in [0, 0.1) is 5.92 Å². The van der Waals surface area contributed by atoms with Gasteiger partial charge in [-0.15, -0.1) is 0 Å². The molecule has 0 radical (unpaired) electrons. The molecule has 0 aromatic carbocycles. The first-order chi connectivity index (χ1) is 7.16. The van der Waals surface area contributed by atoms with Gasteiger partial charge in [0.25, 0.3) is 0 Å². The molecule has 16 heavy (non-hydrogen) atoms. The second-order valence-corrected chi connectivity index (χ2v) is 5.81. The molecule has 0 bridgehead atoms. The molecule has 0 atom stereocenters. The molecule has 1 rings (SSSR count). The van der Waals surface area contributed by atoms with Crippen molar-refractivity contribution < 1.29 is 13.7 Å². The molecular weight excluding hydrogens is 206 g/mol. The number of hydrogen-bond donors (Lipinski definition) is 0. The van der Waals surface area contributed by atoms with Crippen LogP contribution in [0.2, 0.25) is 0 Å². The van der Waals surface area contributed by atoms with Gasteiger partial charge in [-0.05, 0) is 40.0 Å². The van der Waals surface area contributed by atoms with Crippen LogP contribution in [0.4, 0.5) is 4.39 Å². The van der Waals surface area contributed by atoms with Crippen LogP contribution in [0.25, 0.3) is 0 Å². The van der Waals surface area contributed by atoms with Crippen molar-refractivity contribution in [2.45, 2.75) is 59.2 Å². The molecule has 1 fully saturated rings. The molecule has 92 valence electrons. The molecule has 4 heteroatoms. The van der Waals surface area contributed by atoms with E-state index < -0.39 is 18.3 Å². The van der Waals surface area contributed by atoms with Gasteiger partial charge in [-0.2, -0.15) is 0 Å². The molecule has 0 aliphatic carbocycles. The lowest BCUT2D eigenvalue weighted by Gasteiger charge is -2.32. The minimum Gasteiger partial charge on any atom is -0.398 e. The van der Waals surface area contributed by atoms with Crippen molar-refractivity contribution >= 4 is 7.12 Å². The molecule has 0 amide bonds. The summed E-state index contributed by atoms with van der Waals surface area (Å²) in [7, 11) is -0.844. The Morgan fingerprint density at radius 2 is 1.62 bits per heavy atom. The molecule has 1 heterocycles. The molecule has 0 spiro atoms. The van der Waals surface area contributed by atoms with E-state index in [1.807, 2.05) is 41.5 Å². The van der Waals surface area contributed by atoms with Gasteiger partial charge < -0.3 is 9.31 Å². The van der Waals surface area contributed by atoms with Crippen LogP contribution >= 0.6 is 0 Å².